The van der Waals surface area contributed by atoms with Crippen molar-refractivity contribution >= 4 is 20.6 Å². The molecule has 0 bridgehead atoms. The molecule has 0 aromatic rings. The molecule has 0 aromatic heterocycles. The topological polar surface area (TPSA) is 63.4 Å². The van der Waals surface area contributed by atoms with Crippen LogP contribution >= 0.6 is 0 Å². The Labute approximate surface area is 58.0 Å². The van der Waals surface area contributed by atoms with Crippen LogP contribution in [-0.2, 0) is 10.2 Å². The van der Waals surface area contributed by atoms with Gasteiger partial charge in [0.1, 0.15) is 10.4 Å². The van der Waals surface area contributed by atoms with Gasteiger partial charge in [-0.3, -0.25) is 0 Å². The summed E-state index contributed by atoms with van der Waals surface area (Å²) in [4.78, 5) is 0. The van der Waals surface area contributed by atoms with E-state index in [1.807, 2.05) is 0 Å². The molecule has 0 atom stereocenters. The fourth-order valence-electron chi connectivity index (χ4n) is 0.286. The third-order valence-corrected chi connectivity index (χ3v) is 3.73. The Balaban J connectivity index is 4.05. The van der Waals surface area contributed by atoms with E-state index in [4.69, 9.17) is 5.14 Å². The summed E-state index contributed by atoms with van der Waals surface area (Å²) in [5.41, 5.74) is 0. The van der Waals surface area contributed by atoms with Gasteiger partial charge in [0, 0.05) is 6.54 Å². The van der Waals surface area contributed by atoms with Crippen molar-refractivity contribution in [2.75, 3.05) is 6.54 Å². The van der Waals surface area contributed by atoms with Gasteiger partial charge in [-0.15, -0.1) is 6.58 Å². The molecule has 0 heterocycles. The molecule has 0 radical (unpaired) electrons. The zero-order valence-corrected chi connectivity index (χ0v) is 8.06. The first-order valence-corrected chi connectivity index (χ1v) is 4.73. The normalized spacial score (nSPS) is 12.2. The lowest BCUT2D eigenvalue weighted by Crippen LogP contribution is -2.34. The summed E-state index contributed by atoms with van der Waals surface area (Å²) in [6, 6.07) is 0. The van der Waals surface area contributed by atoms with Crippen molar-refractivity contribution < 1.29 is 8.42 Å². The van der Waals surface area contributed by atoms with E-state index in [1.54, 1.807) is 0 Å². The standard InChI is InChI=1S/C3H10N2O2SSi/c1-2-3-5(9)8(4,6)7/h2H,1,3H2,9H3,(H2,4,6,7). The van der Waals surface area contributed by atoms with Gasteiger partial charge in [-0.1, -0.05) is 6.08 Å². The second-order valence-corrected chi connectivity index (χ2v) is 5.00. The number of rotatable bonds is 3. The lowest BCUT2D eigenvalue weighted by Gasteiger charge is -2.09. The van der Waals surface area contributed by atoms with Crippen molar-refractivity contribution in [2.24, 2.45) is 5.14 Å². The van der Waals surface area contributed by atoms with Crippen LogP contribution in [0.2, 0.25) is 0 Å². The summed E-state index contributed by atoms with van der Waals surface area (Å²) in [6.07, 6.45) is 1.50. The van der Waals surface area contributed by atoms with Crippen molar-refractivity contribution in [3.63, 3.8) is 0 Å². The van der Waals surface area contributed by atoms with Crippen molar-refractivity contribution in [1.29, 1.82) is 0 Å². The summed E-state index contributed by atoms with van der Waals surface area (Å²) in [6.45, 7) is 3.69. The minimum atomic E-state index is -3.44. The third kappa shape index (κ3) is 3.41. The van der Waals surface area contributed by atoms with Crippen LogP contribution in [0.25, 0.3) is 0 Å². The molecule has 0 amide bonds. The highest BCUT2D eigenvalue weighted by Crippen LogP contribution is 1.85. The summed E-state index contributed by atoms with van der Waals surface area (Å²) in [7, 11) is -3.03. The lowest BCUT2D eigenvalue weighted by molar-refractivity contribution is 0.553. The fraction of sp³-hybridized carbons (Fsp3) is 0.333. The molecule has 6 heteroatoms. The molecular weight excluding hydrogens is 156 g/mol. The second kappa shape index (κ2) is 3.11. The molecule has 0 unspecified atom stereocenters. The highest BCUT2D eigenvalue weighted by atomic mass is 32.2. The number of nitrogens with zero attached hydrogens (tertiary/aromatic N) is 1. The van der Waals surface area contributed by atoms with E-state index in [0.29, 0.717) is 16.9 Å². The molecule has 4 nitrogen and oxygen atoms in total. The van der Waals surface area contributed by atoms with E-state index in [1.165, 1.54) is 6.08 Å². The molecule has 0 saturated carbocycles. The van der Waals surface area contributed by atoms with Crippen molar-refractivity contribution in [2.45, 2.75) is 0 Å². The first kappa shape index (κ1) is 8.83. The summed E-state index contributed by atoms with van der Waals surface area (Å²) < 4.78 is 22.0. The van der Waals surface area contributed by atoms with Gasteiger partial charge in [-0.2, -0.15) is 8.42 Å². The Morgan fingerprint density at radius 2 is 2.22 bits per heavy atom. The molecular formula is C3H10N2O2SSi. The van der Waals surface area contributed by atoms with E-state index >= 15 is 0 Å². The number of nitrogens with two attached hydrogens (primary N) is 1. The average molecular weight is 166 g/mol. The Kier molecular flexibility index (Phi) is 3.05. The Hall–Kier alpha value is -0.173. The van der Waals surface area contributed by atoms with Crippen LogP contribution in [0.1, 0.15) is 0 Å². The maximum Gasteiger partial charge on any atom is 0.270 e. The smallest absolute Gasteiger partial charge is 0.219 e. The zero-order chi connectivity index (χ0) is 7.49. The van der Waals surface area contributed by atoms with Gasteiger partial charge >= 0.3 is 0 Å². The molecule has 0 aromatic carbocycles. The minimum absolute atomic E-state index is 0.311. The molecule has 9 heavy (non-hydrogen) atoms. The largest absolute Gasteiger partial charge is 0.270 e. The molecule has 0 aliphatic heterocycles. The van der Waals surface area contributed by atoms with Crippen molar-refractivity contribution in [3.8, 4) is 0 Å². The van der Waals surface area contributed by atoms with Gasteiger partial charge in [0.25, 0.3) is 10.2 Å². The Morgan fingerprint density at radius 3 is 2.33 bits per heavy atom. The van der Waals surface area contributed by atoms with Crippen LogP contribution in [0.4, 0.5) is 0 Å². The van der Waals surface area contributed by atoms with Gasteiger partial charge in [-0.25, -0.2) is 9.11 Å². The van der Waals surface area contributed by atoms with Gasteiger partial charge in [-0.05, 0) is 0 Å². The van der Waals surface area contributed by atoms with Crippen molar-refractivity contribution in [3.05, 3.63) is 12.7 Å². The monoisotopic (exact) mass is 166 g/mol. The third-order valence-electron chi connectivity index (χ3n) is 0.821. The maximum absolute atomic E-state index is 10.4. The first-order valence-electron chi connectivity index (χ1n) is 2.33. The van der Waals surface area contributed by atoms with E-state index in [0.717, 1.165) is 3.97 Å². The Bertz CT molecular complexity index is 188. The van der Waals surface area contributed by atoms with Gasteiger partial charge in [0.15, 0.2) is 0 Å². The van der Waals surface area contributed by atoms with Crippen LogP contribution in [0.5, 0.6) is 0 Å². The minimum Gasteiger partial charge on any atom is -0.219 e. The number of hydrogen-bond acceptors (Lipinski definition) is 2. The summed E-state index contributed by atoms with van der Waals surface area (Å²) in [5, 5.41) is 4.75. The zero-order valence-electron chi connectivity index (χ0n) is 5.24. The lowest BCUT2D eigenvalue weighted by atomic mass is 10.7. The quantitative estimate of drug-likeness (QED) is 0.388. The van der Waals surface area contributed by atoms with E-state index < -0.39 is 10.2 Å². The second-order valence-electron chi connectivity index (χ2n) is 1.61. The molecule has 0 saturated heterocycles. The molecule has 54 valence electrons. The van der Waals surface area contributed by atoms with Gasteiger partial charge in [0.05, 0.1) is 0 Å². The van der Waals surface area contributed by atoms with Crippen LogP contribution in [-0.4, -0.2) is 29.3 Å². The molecule has 0 aliphatic carbocycles. The fourth-order valence-corrected chi connectivity index (χ4v) is 0.857. The summed E-state index contributed by atoms with van der Waals surface area (Å²) in [5.74, 6) is 0. The highest BCUT2D eigenvalue weighted by molar-refractivity contribution is 7.87. The number of hydrogen-bond donors (Lipinski definition) is 1. The molecule has 0 rings (SSSR count). The molecule has 0 spiro atoms. The first-order chi connectivity index (χ1) is 3.98. The predicted molar refractivity (Wildman–Crippen MR) is 39.9 cm³/mol. The van der Waals surface area contributed by atoms with Crippen LogP contribution < -0.4 is 5.14 Å². The molecule has 0 aliphatic rings. The highest BCUT2D eigenvalue weighted by Gasteiger charge is 2.06. The SMILES string of the molecule is C=CCN([SiH3])S(N)(=O)=O. The van der Waals surface area contributed by atoms with Gasteiger partial charge < -0.3 is 0 Å². The average Bonchev–Trinajstić information content (AvgIpc) is 1.64. The maximum atomic E-state index is 10.4. The van der Waals surface area contributed by atoms with Crippen molar-refractivity contribution in [1.82, 2.24) is 3.97 Å². The van der Waals surface area contributed by atoms with Crippen LogP contribution in [0, 0.1) is 0 Å². The van der Waals surface area contributed by atoms with E-state index in [-0.39, 0.29) is 0 Å². The van der Waals surface area contributed by atoms with E-state index in [2.05, 4.69) is 6.58 Å². The molecule has 2 N–H and O–H groups in total. The summed E-state index contributed by atoms with van der Waals surface area (Å²) >= 11 is 0. The van der Waals surface area contributed by atoms with Crippen LogP contribution in [0.3, 0.4) is 0 Å². The van der Waals surface area contributed by atoms with Crippen LogP contribution in [0.15, 0.2) is 12.7 Å². The van der Waals surface area contributed by atoms with Gasteiger partial charge in [0.2, 0.25) is 0 Å². The Morgan fingerprint density at radius 1 is 1.78 bits per heavy atom. The predicted octanol–water partition coefficient (Wildman–Crippen LogP) is -2.04. The van der Waals surface area contributed by atoms with E-state index in [9.17, 15) is 8.42 Å². The molecule has 0 fully saturated rings.